The fourth-order valence-corrected chi connectivity index (χ4v) is 24.9. The monoisotopic (exact) mass is 1920 g/mol. The molecule has 5 amide bonds. The van der Waals surface area contributed by atoms with Crippen LogP contribution < -0.4 is 0 Å². The van der Waals surface area contributed by atoms with Crippen LogP contribution in [0, 0.1) is 49.3 Å². The standard InChI is InChI=1S/C21H27ClN2O.C20H26ClN3O2S.C20H26ClN3OS.C20H25ClN2O2S.C20H25FN2O2S/c1-16-13-19(14-23-16)21(25)24(12-11-17-7-3-2-4-8-17)15-18-9-5-6-10-20(18)22;1-15-13-19(23-22-15)20(25)24(14-17-5-3-4-6-18(17)21)10-7-16-8-11-27(2,26)12-9-16;1-15-13-19(23-22-15)20(25)24(14-17-5-3-4-6-18(17)21)10-7-16-8-11-26(2)12-9-16;2*1-15-11-18(12-22-15)20(24)23(14-17-5-3-4-6-19(17)21)13-16-7-9-26(2,25)10-8-16/h5-6,9-10,13,17H,2-4,7-8,11-12,14-15H2,1H3;3-6,13,16H,2,7-12,14H2,1H3,(H,22,23);3-6,13,16H,2,7-12,14H2,1H3,(H,22,23);2*3-6,11,16H,2,7-10,12-14H2,1H3. The molecular weight excluding hydrogens is 1800 g/mol. The van der Waals surface area contributed by atoms with E-state index >= 15 is 0 Å². The van der Waals surface area contributed by atoms with Crippen molar-refractivity contribution in [3.63, 3.8) is 0 Å². The van der Waals surface area contributed by atoms with Crippen LogP contribution in [0.5, 0.6) is 0 Å². The molecule has 4 saturated heterocycles. The molecule has 1 aliphatic carbocycles. The Hall–Kier alpha value is -8.53. The van der Waals surface area contributed by atoms with E-state index < -0.39 is 28.6 Å². The second kappa shape index (κ2) is 49.5. The number of hydrogen-bond acceptors (Lipinski definition) is 13. The lowest BCUT2D eigenvalue weighted by Crippen LogP contribution is -2.39. The number of halogens is 5. The van der Waals surface area contributed by atoms with E-state index in [2.05, 4.69) is 58.9 Å². The van der Waals surface area contributed by atoms with Crippen molar-refractivity contribution >= 4 is 156 Å². The summed E-state index contributed by atoms with van der Waals surface area (Å²) in [4.78, 5) is 87.3. The molecule has 0 atom stereocenters. The van der Waals surface area contributed by atoms with Crippen molar-refractivity contribution in [2.24, 2.45) is 44.6 Å². The predicted molar refractivity (Wildman–Crippen MR) is 544 cm³/mol. The maximum atomic E-state index is 14.1. The summed E-state index contributed by atoms with van der Waals surface area (Å²) in [6, 6.07) is 40.9. The van der Waals surface area contributed by atoms with Gasteiger partial charge in [0, 0.05) is 171 Å². The smallest absolute Gasteiger partial charge is 0.274 e. The summed E-state index contributed by atoms with van der Waals surface area (Å²) in [6.45, 7) is 16.4. The molecule has 700 valence electrons. The van der Waals surface area contributed by atoms with E-state index in [0.717, 1.165) is 144 Å². The molecule has 7 aliphatic heterocycles. The Morgan fingerprint density at radius 1 is 0.392 bits per heavy atom. The van der Waals surface area contributed by atoms with Crippen LogP contribution in [0.25, 0.3) is 0 Å². The van der Waals surface area contributed by atoms with Gasteiger partial charge in [-0.3, -0.25) is 61.8 Å². The lowest BCUT2D eigenvalue weighted by molar-refractivity contribution is -0.129. The molecule has 5 fully saturated rings. The Morgan fingerprint density at radius 2 is 0.677 bits per heavy atom. The summed E-state index contributed by atoms with van der Waals surface area (Å²) in [5.41, 5.74) is 11.8. The normalized spacial score (nSPS) is 22.4. The molecule has 29 heteroatoms. The van der Waals surface area contributed by atoms with Crippen molar-refractivity contribution in [2.75, 3.05) is 98.4 Å². The van der Waals surface area contributed by atoms with E-state index in [-0.39, 0.29) is 47.8 Å². The molecule has 0 bridgehead atoms. The molecule has 2 aromatic heterocycles. The highest BCUT2D eigenvalue weighted by atomic mass is 35.5. The first-order valence-corrected chi connectivity index (χ1v) is 54.9. The van der Waals surface area contributed by atoms with Crippen LogP contribution >= 0.6 is 56.9 Å². The quantitative estimate of drug-likeness (QED) is 0.0439. The van der Waals surface area contributed by atoms with Gasteiger partial charge in [0.25, 0.3) is 29.5 Å². The second-order valence-corrected chi connectivity index (χ2v) is 48.0. The third kappa shape index (κ3) is 32.1. The number of carbonyl (C=O) groups is 5. The van der Waals surface area contributed by atoms with Gasteiger partial charge in [-0.05, 0) is 275 Å². The Balaban J connectivity index is 0.000000157. The minimum atomic E-state index is -1.95. The van der Waals surface area contributed by atoms with Crippen molar-refractivity contribution in [1.82, 2.24) is 44.9 Å². The van der Waals surface area contributed by atoms with E-state index in [0.29, 0.717) is 166 Å². The molecule has 1 saturated carbocycles. The number of aryl methyl sites for hydroxylation is 2. The number of aromatic amines is 2. The molecule has 15 rings (SSSR count). The predicted octanol–water partition coefficient (Wildman–Crippen LogP) is 19.0. The molecule has 2 N–H and O–H groups in total. The van der Waals surface area contributed by atoms with Gasteiger partial charge < -0.3 is 24.5 Å². The van der Waals surface area contributed by atoms with Crippen molar-refractivity contribution in [3.8, 4) is 0 Å². The number of rotatable bonds is 28. The van der Waals surface area contributed by atoms with Gasteiger partial charge in [-0.15, -0.1) is 0 Å². The Bertz CT molecular complexity index is 5490. The number of H-pyrrole nitrogens is 2. The second-order valence-electron chi connectivity index (χ2n) is 36.0. The van der Waals surface area contributed by atoms with E-state index in [1.54, 1.807) is 41.3 Å². The minimum absolute atomic E-state index is 0.0199. The summed E-state index contributed by atoms with van der Waals surface area (Å²) in [6.07, 6.45) is 22.8. The first kappa shape index (κ1) is 102. The highest BCUT2D eigenvalue weighted by molar-refractivity contribution is 8.14. The number of nitrogens with one attached hydrogen (secondary N) is 2. The third-order valence-electron chi connectivity index (χ3n) is 25.5. The van der Waals surface area contributed by atoms with Gasteiger partial charge >= 0.3 is 0 Å². The van der Waals surface area contributed by atoms with Gasteiger partial charge in [-0.2, -0.15) is 20.7 Å². The average Bonchev–Trinajstić information content (AvgIpc) is 1.57. The highest BCUT2D eigenvalue weighted by Crippen LogP contribution is 2.34. The summed E-state index contributed by atoms with van der Waals surface area (Å²) >= 11 is 25.3. The average molecular weight is 1930 g/mol. The van der Waals surface area contributed by atoms with Gasteiger partial charge in [0.2, 0.25) is 0 Å². The fraction of sp³-hybridized carbons (Fsp3) is 0.465. The van der Waals surface area contributed by atoms with Crippen LogP contribution in [0.15, 0.2) is 183 Å². The molecule has 8 aliphatic rings. The van der Waals surface area contributed by atoms with Crippen molar-refractivity contribution in [1.29, 1.82) is 0 Å². The number of nitrogens with zero attached hydrogens (tertiary/aromatic N) is 10. The number of benzene rings is 5. The molecule has 20 nitrogen and oxygen atoms in total. The zero-order valence-electron chi connectivity index (χ0n) is 76.1. The summed E-state index contributed by atoms with van der Waals surface area (Å²) < 4.78 is 50.4. The number of carbonyl (C=O) groups excluding carboxylic acids is 5. The van der Waals surface area contributed by atoms with Crippen LogP contribution in [0.2, 0.25) is 20.1 Å². The number of amides is 5. The van der Waals surface area contributed by atoms with Crippen LogP contribution in [0.1, 0.15) is 184 Å². The van der Waals surface area contributed by atoms with Crippen LogP contribution in [0.3, 0.4) is 0 Å². The van der Waals surface area contributed by atoms with Crippen molar-refractivity contribution in [2.45, 2.75) is 170 Å². The molecule has 0 radical (unpaired) electrons. The van der Waals surface area contributed by atoms with Gasteiger partial charge in [-0.25, -0.2) is 4.39 Å². The topological polar surface area (TPSA) is 247 Å². The number of aliphatic imine (C=N–C) groups is 3. The Kier molecular flexibility index (Phi) is 38.8. The number of allylic oxidation sites excluding steroid dienone is 3. The van der Waals surface area contributed by atoms with Crippen LogP contribution in [-0.2, 0) is 75.7 Å². The zero-order chi connectivity index (χ0) is 93.1. The third-order valence-corrected chi connectivity index (χ3v) is 34.5. The van der Waals surface area contributed by atoms with Crippen LogP contribution in [0.4, 0.5) is 4.39 Å². The van der Waals surface area contributed by atoms with Gasteiger partial charge in [0.1, 0.15) is 17.2 Å². The zero-order valence-corrected chi connectivity index (χ0v) is 82.4. The largest absolute Gasteiger partial charge is 0.334 e. The maximum Gasteiger partial charge on any atom is 0.274 e. The number of aromatic nitrogens is 4. The van der Waals surface area contributed by atoms with E-state index in [1.165, 1.54) is 62.5 Å². The van der Waals surface area contributed by atoms with Gasteiger partial charge in [-0.1, -0.05) is 175 Å². The Morgan fingerprint density at radius 3 is 0.992 bits per heavy atom. The Labute approximate surface area is 793 Å². The van der Waals surface area contributed by atoms with E-state index in [1.807, 2.05) is 163 Å². The molecular formula is C101H129Cl4FN12O8S4. The molecule has 9 heterocycles. The summed E-state index contributed by atoms with van der Waals surface area (Å²) in [5, 5.41) is 16.7. The van der Waals surface area contributed by atoms with E-state index in [4.69, 9.17) is 46.4 Å². The summed E-state index contributed by atoms with van der Waals surface area (Å²) in [5.74, 6) is 24.1. The molecule has 5 aromatic carbocycles. The van der Waals surface area contributed by atoms with Gasteiger partial charge in [0.05, 0.1) is 19.6 Å². The van der Waals surface area contributed by atoms with Crippen LogP contribution in [-0.4, -0.2) is 226 Å². The number of hydrogen-bond donors (Lipinski definition) is 2. The van der Waals surface area contributed by atoms with Gasteiger partial charge in [0.15, 0.2) is 0 Å². The SMILES string of the molecule is C=S1(=O)CCC(CCN(Cc2ccccc2Cl)C(=O)c2cc(C)[nH]n2)CC1.C=S1(=O)CCC(CN(Cc2ccccc2Cl)C(=O)C2=CC(C)=NC2)CC1.C=S1(=O)CCC(CN(Cc2ccccc2F)C(=O)C2=CC(C)=NC2)CC1.C=S1CCC(CCN(Cc2ccccc2Cl)C(=O)c2cc(C)[nH]n2)CC1.CC1=NCC(C(=O)N(CCC2CCCCC2)Cc2ccccc2Cl)=C1. The maximum absolute atomic E-state index is 14.1. The molecule has 0 unspecified atom stereocenters. The first-order chi connectivity index (χ1) is 62.2. The summed E-state index contributed by atoms with van der Waals surface area (Å²) in [7, 11) is -5.40. The van der Waals surface area contributed by atoms with Crippen molar-refractivity contribution in [3.05, 3.63) is 245 Å². The highest BCUT2D eigenvalue weighted by Gasteiger charge is 2.33. The lowest BCUT2D eigenvalue weighted by atomic mass is 9.87. The van der Waals surface area contributed by atoms with E-state index in [9.17, 15) is 41.0 Å². The fourth-order valence-electron chi connectivity index (χ4n) is 17.4. The first-order valence-electron chi connectivity index (χ1n) is 45.4. The van der Waals surface area contributed by atoms with Crippen molar-refractivity contribution < 1.29 is 41.0 Å². The molecule has 7 aromatic rings. The minimum Gasteiger partial charge on any atom is -0.334 e. The molecule has 130 heavy (non-hydrogen) atoms. The molecule has 0 spiro atoms. The lowest BCUT2D eigenvalue weighted by Gasteiger charge is -2.31.